The lowest BCUT2D eigenvalue weighted by molar-refractivity contribution is 0.0944. The summed E-state index contributed by atoms with van der Waals surface area (Å²) < 4.78 is 5.11. The van der Waals surface area contributed by atoms with Crippen LogP contribution in [0, 0.1) is 0 Å². The number of oxazole rings is 1. The van der Waals surface area contributed by atoms with Crippen molar-refractivity contribution in [2.75, 3.05) is 5.32 Å². The van der Waals surface area contributed by atoms with Gasteiger partial charge in [-0.25, -0.2) is 0 Å². The van der Waals surface area contributed by atoms with Crippen LogP contribution in [-0.2, 0) is 6.54 Å². The van der Waals surface area contributed by atoms with Crippen molar-refractivity contribution in [3.63, 3.8) is 0 Å². The van der Waals surface area contributed by atoms with Crippen molar-refractivity contribution in [2.24, 2.45) is 0 Å². The second-order valence-corrected chi connectivity index (χ2v) is 5.59. The van der Waals surface area contributed by atoms with Gasteiger partial charge in [0.15, 0.2) is 5.69 Å². The van der Waals surface area contributed by atoms with E-state index in [1.807, 2.05) is 30.3 Å². The minimum absolute atomic E-state index is 0.00624. The van der Waals surface area contributed by atoms with Crippen LogP contribution in [0.1, 0.15) is 25.7 Å². The second-order valence-electron chi connectivity index (χ2n) is 4.64. The number of nitrogens with one attached hydrogen (secondary N) is 2. The molecule has 6 nitrogen and oxygen atoms in total. The Morgan fingerprint density at radius 2 is 1.91 bits per heavy atom. The molecule has 2 N–H and O–H groups in total. The molecule has 0 aliphatic rings. The molecule has 3 rings (SSSR count). The Labute approximate surface area is 136 Å². The predicted octanol–water partition coefficient (Wildman–Crippen LogP) is 2.92. The Hall–Kier alpha value is -2.93. The molecule has 116 valence electrons. The highest BCUT2D eigenvalue weighted by molar-refractivity contribution is 7.12. The van der Waals surface area contributed by atoms with Gasteiger partial charge in [0.05, 0.1) is 4.88 Å². The van der Waals surface area contributed by atoms with E-state index in [0.29, 0.717) is 11.4 Å². The summed E-state index contributed by atoms with van der Waals surface area (Å²) in [5, 5.41) is 7.04. The first-order valence-electron chi connectivity index (χ1n) is 6.85. The van der Waals surface area contributed by atoms with Crippen LogP contribution in [0.2, 0.25) is 0 Å². The monoisotopic (exact) mass is 327 g/mol. The zero-order chi connectivity index (χ0) is 16.1. The number of carbonyl (C=O) groups is 2. The first kappa shape index (κ1) is 15.0. The highest BCUT2D eigenvalue weighted by atomic mass is 32.1. The van der Waals surface area contributed by atoms with E-state index in [-0.39, 0.29) is 23.5 Å². The Kier molecular flexibility index (Phi) is 4.49. The second kappa shape index (κ2) is 6.89. The van der Waals surface area contributed by atoms with Crippen molar-refractivity contribution in [2.45, 2.75) is 6.54 Å². The quantitative estimate of drug-likeness (QED) is 0.754. The van der Waals surface area contributed by atoms with Gasteiger partial charge in [-0.1, -0.05) is 36.4 Å². The van der Waals surface area contributed by atoms with E-state index in [0.717, 1.165) is 5.56 Å². The maximum absolute atomic E-state index is 12.0. The molecule has 0 aliphatic heterocycles. The third-order valence-electron chi connectivity index (χ3n) is 3.00. The minimum atomic E-state index is -0.366. The van der Waals surface area contributed by atoms with Crippen LogP contribution in [0.3, 0.4) is 0 Å². The molecule has 2 heterocycles. The number of anilines is 1. The van der Waals surface area contributed by atoms with Crippen molar-refractivity contribution < 1.29 is 14.0 Å². The summed E-state index contributed by atoms with van der Waals surface area (Å²) in [6.07, 6.45) is 1.21. The lowest BCUT2D eigenvalue weighted by atomic mass is 10.2. The van der Waals surface area contributed by atoms with Gasteiger partial charge >= 0.3 is 6.01 Å². The number of benzene rings is 1. The molecule has 23 heavy (non-hydrogen) atoms. The highest BCUT2D eigenvalue weighted by Crippen LogP contribution is 2.13. The van der Waals surface area contributed by atoms with E-state index in [1.165, 1.54) is 17.6 Å². The molecule has 7 heteroatoms. The number of hydrogen-bond acceptors (Lipinski definition) is 5. The molecule has 0 atom stereocenters. The van der Waals surface area contributed by atoms with Crippen molar-refractivity contribution in [3.05, 3.63) is 70.2 Å². The van der Waals surface area contributed by atoms with Gasteiger partial charge in [0.1, 0.15) is 6.26 Å². The number of carbonyl (C=O) groups excluding carboxylic acids is 2. The predicted molar refractivity (Wildman–Crippen MR) is 86.4 cm³/mol. The van der Waals surface area contributed by atoms with E-state index in [4.69, 9.17) is 4.42 Å². The SMILES string of the molecule is O=C(NCc1ccccc1)c1coc(NC(=O)c2cccs2)n1. The van der Waals surface area contributed by atoms with Gasteiger partial charge in [-0.2, -0.15) is 4.98 Å². The fourth-order valence-electron chi connectivity index (χ4n) is 1.87. The van der Waals surface area contributed by atoms with Gasteiger partial charge in [0, 0.05) is 6.54 Å². The van der Waals surface area contributed by atoms with Crippen LogP contribution in [-0.4, -0.2) is 16.8 Å². The summed E-state index contributed by atoms with van der Waals surface area (Å²) in [5.74, 6) is -0.688. The van der Waals surface area contributed by atoms with Gasteiger partial charge in [-0.15, -0.1) is 11.3 Å². The van der Waals surface area contributed by atoms with Crippen LogP contribution in [0.5, 0.6) is 0 Å². The lowest BCUT2D eigenvalue weighted by Gasteiger charge is -2.02. The van der Waals surface area contributed by atoms with Crippen LogP contribution in [0.15, 0.2) is 58.5 Å². The lowest BCUT2D eigenvalue weighted by Crippen LogP contribution is -2.23. The molecule has 0 unspecified atom stereocenters. The number of hydrogen-bond donors (Lipinski definition) is 2. The van der Waals surface area contributed by atoms with Crippen molar-refractivity contribution in [1.29, 1.82) is 0 Å². The summed E-state index contributed by atoms with van der Waals surface area (Å²) in [4.78, 5) is 28.4. The molecule has 1 aromatic carbocycles. The molecule has 0 radical (unpaired) electrons. The summed E-state index contributed by atoms with van der Waals surface area (Å²) in [6.45, 7) is 0.392. The molecule has 0 bridgehead atoms. The third kappa shape index (κ3) is 3.83. The standard InChI is InChI=1S/C16H13N3O3S/c20-14(17-9-11-5-2-1-3-6-11)12-10-22-16(18-12)19-15(21)13-7-4-8-23-13/h1-8,10H,9H2,(H,17,20)(H,18,19,21). The van der Waals surface area contributed by atoms with E-state index >= 15 is 0 Å². The van der Waals surface area contributed by atoms with Gasteiger partial charge < -0.3 is 9.73 Å². The Morgan fingerprint density at radius 1 is 1.09 bits per heavy atom. The van der Waals surface area contributed by atoms with Crippen molar-refractivity contribution in [3.8, 4) is 0 Å². The van der Waals surface area contributed by atoms with E-state index in [1.54, 1.807) is 17.5 Å². The summed E-state index contributed by atoms with van der Waals surface area (Å²) in [6, 6.07) is 13.0. The normalized spacial score (nSPS) is 10.3. The number of thiophene rings is 1. The summed E-state index contributed by atoms with van der Waals surface area (Å²) in [5.41, 5.74) is 1.10. The Balaban J connectivity index is 1.58. The fraction of sp³-hybridized carbons (Fsp3) is 0.0625. The van der Waals surface area contributed by atoms with Crippen molar-refractivity contribution in [1.82, 2.24) is 10.3 Å². The molecule has 0 aliphatic carbocycles. The summed E-state index contributed by atoms with van der Waals surface area (Å²) in [7, 11) is 0. The molecule has 0 saturated carbocycles. The number of rotatable bonds is 5. The molecule has 0 spiro atoms. The average Bonchev–Trinajstić information content (AvgIpc) is 3.25. The first-order valence-corrected chi connectivity index (χ1v) is 7.73. The fourth-order valence-corrected chi connectivity index (χ4v) is 2.49. The van der Waals surface area contributed by atoms with Gasteiger partial charge in [0.2, 0.25) is 0 Å². The average molecular weight is 327 g/mol. The maximum atomic E-state index is 12.0. The van der Waals surface area contributed by atoms with Crippen LogP contribution >= 0.6 is 11.3 Å². The topological polar surface area (TPSA) is 84.2 Å². The maximum Gasteiger partial charge on any atom is 0.302 e. The zero-order valence-corrected chi connectivity index (χ0v) is 12.8. The highest BCUT2D eigenvalue weighted by Gasteiger charge is 2.15. The number of amides is 2. The van der Waals surface area contributed by atoms with Crippen LogP contribution < -0.4 is 10.6 Å². The van der Waals surface area contributed by atoms with Crippen LogP contribution in [0.25, 0.3) is 0 Å². The van der Waals surface area contributed by atoms with Gasteiger partial charge in [-0.05, 0) is 17.0 Å². The van der Waals surface area contributed by atoms with Crippen molar-refractivity contribution >= 4 is 29.2 Å². The van der Waals surface area contributed by atoms with E-state index in [9.17, 15) is 9.59 Å². The molecular weight excluding hydrogens is 314 g/mol. The number of aromatic nitrogens is 1. The molecule has 0 saturated heterocycles. The molecule has 3 aromatic rings. The van der Waals surface area contributed by atoms with E-state index in [2.05, 4.69) is 15.6 Å². The smallest absolute Gasteiger partial charge is 0.302 e. The van der Waals surface area contributed by atoms with E-state index < -0.39 is 0 Å². The summed E-state index contributed by atoms with van der Waals surface area (Å²) >= 11 is 1.31. The first-order chi connectivity index (χ1) is 11.2. The number of nitrogens with zero attached hydrogens (tertiary/aromatic N) is 1. The van der Waals surface area contributed by atoms with Crippen LogP contribution in [0.4, 0.5) is 6.01 Å². The van der Waals surface area contributed by atoms with Gasteiger partial charge in [0.25, 0.3) is 11.8 Å². The zero-order valence-electron chi connectivity index (χ0n) is 12.0. The Morgan fingerprint density at radius 3 is 2.65 bits per heavy atom. The largest absolute Gasteiger partial charge is 0.431 e. The Bertz CT molecular complexity index is 797. The minimum Gasteiger partial charge on any atom is -0.431 e. The van der Waals surface area contributed by atoms with Gasteiger partial charge in [-0.3, -0.25) is 14.9 Å². The molecular formula is C16H13N3O3S. The molecule has 2 amide bonds. The third-order valence-corrected chi connectivity index (χ3v) is 3.87. The molecule has 0 fully saturated rings. The molecule has 2 aromatic heterocycles.